The van der Waals surface area contributed by atoms with E-state index in [1.807, 2.05) is 0 Å². The van der Waals surface area contributed by atoms with Gasteiger partial charge in [-0.25, -0.2) is 4.98 Å². The van der Waals surface area contributed by atoms with Crippen molar-refractivity contribution in [2.45, 2.75) is 12.9 Å². The van der Waals surface area contributed by atoms with Crippen LogP contribution in [-0.2, 0) is 6.54 Å². The lowest BCUT2D eigenvalue weighted by atomic mass is 10.2. The summed E-state index contributed by atoms with van der Waals surface area (Å²) in [5.41, 5.74) is 10.5. The topological polar surface area (TPSA) is 94.4 Å². The summed E-state index contributed by atoms with van der Waals surface area (Å²) >= 11 is 0. The second-order valence-corrected chi connectivity index (χ2v) is 2.60. The van der Waals surface area contributed by atoms with Gasteiger partial charge in [-0.2, -0.15) is 0 Å². The molecule has 0 spiro atoms. The van der Waals surface area contributed by atoms with Gasteiger partial charge in [0.05, 0.1) is 11.9 Å². The summed E-state index contributed by atoms with van der Waals surface area (Å²) in [6.45, 7) is -0.214. The molecule has 5 nitrogen and oxygen atoms in total. The minimum atomic E-state index is -4.92. The minimum Gasteiger partial charge on any atom is -0.503 e. The average Bonchev–Trinajstić information content (AvgIpc) is 2.09. The third kappa shape index (κ3) is 2.62. The Hall–Kier alpha value is -1.70. The lowest BCUT2D eigenvalue weighted by molar-refractivity contribution is -0.276. The number of aromatic nitrogens is 1. The Labute approximate surface area is 82.5 Å². The van der Waals surface area contributed by atoms with Crippen molar-refractivity contribution in [1.82, 2.24) is 4.98 Å². The predicted molar refractivity (Wildman–Crippen MR) is 44.9 cm³/mol. The van der Waals surface area contributed by atoms with E-state index in [1.165, 1.54) is 0 Å². The van der Waals surface area contributed by atoms with E-state index in [0.717, 1.165) is 6.20 Å². The molecule has 0 aliphatic rings. The van der Waals surface area contributed by atoms with E-state index < -0.39 is 18.0 Å². The van der Waals surface area contributed by atoms with Crippen molar-refractivity contribution in [3.05, 3.63) is 11.8 Å². The van der Waals surface area contributed by atoms with Crippen molar-refractivity contribution >= 4 is 5.69 Å². The molecule has 0 saturated carbocycles. The third-order valence-electron chi connectivity index (χ3n) is 1.57. The number of hydrogen-bond donors (Lipinski definition) is 3. The molecule has 5 N–H and O–H groups in total. The molecule has 0 aromatic carbocycles. The number of nitrogens with two attached hydrogens (primary N) is 2. The molecule has 0 amide bonds. The van der Waals surface area contributed by atoms with E-state index in [9.17, 15) is 18.3 Å². The Balaban J connectivity index is 3.11. The van der Waals surface area contributed by atoms with Crippen LogP contribution in [-0.4, -0.2) is 16.5 Å². The van der Waals surface area contributed by atoms with E-state index in [-0.39, 0.29) is 17.8 Å². The fourth-order valence-electron chi connectivity index (χ4n) is 0.932. The Morgan fingerprint density at radius 3 is 2.53 bits per heavy atom. The van der Waals surface area contributed by atoms with Gasteiger partial charge >= 0.3 is 6.36 Å². The number of nitrogens with zero attached hydrogens (tertiary/aromatic N) is 1. The van der Waals surface area contributed by atoms with Gasteiger partial charge in [-0.3, -0.25) is 0 Å². The van der Waals surface area contributed by atoms with Crippen molar-refractivity contribution in [1.29, 1.82) is 0 Å². The van der Waals surface area contributed by atoms with Crippen LogP contribution in [0.5, 0.6) is 11.6 Å². The first-order valence-corrected chi connectivity index (χ1v) is 3.77. The Bertz CT molecular complexity index is 367. The Kier molecular flexibility index (Phi) is 2.89. The second kappa shape index (κ2) is 3.81. The standard InChI is InChI=1S/C7H8F3N3O2/c8-7(9,10)15-6-5(14)3(1-11)4(12)2-13-6/h2,14H,1,11-12H2. The van der Waals surface area contributed by atoms with Crippen molar-refractivity contribution in [2.24, 2.45) is 5.73 Å². The van der Waals surface area contributed by atoms with E-state index in [0.29, 0.717) is 0 Å². The van der Waals surface area contributed by atoms with Crippen LogP contribution in [0.4, 0.5) is 18.9 Å². The monoisotopic (exact) mass is 223 g/mol. The van der Waals surface area contributed by atoms with Gasteiger partial charge in [-0.1, -0.05) is 0 Å². The van der Waals surface area contributed by atoms with E-state index in [2.05, 4.69) is 9.72 Å². The molecule has 1 rings (SSSR count). The number of anilines is 1. The Morgan fingerprint density at radius 2 is 2.07 bits per heavy atom. The number of hydrogen-bond acceptors (Lipinski definition) is 5. The minimum absolute atomic E-state index is 0.00419. The molecule has 1 aromatic rings. The van der Waals surface area contributed by atoms with Crippen molar-refractivity contribution < 1.29 is 23.0 Å². The van der Waals surface area contributed by atoms with Crippen LogP contribution in [0.25, 0.3) is 0 Å². The molecule has 8 heteroatoms. The summed E-state index contributed by atoms with van der Waals surface area (Å²) in [6.07, 6.45) is -3.99. The maximum atomic E-state index is 11.8. The van der Waals surface area contributed by atoms with Crippen molar-refractivity contribution in [3.8, 4) is 11.6 Å². The number of ether oxygens (including phenoxy) is 1. The zero-order chi connectivity index (χ0) is 11.6. The maximum Gasteiger partial charge on any atom is 0.574 e. The Morgan fingerprint density at radius 1 is 1.47 bits per heavy atom. The van der Waals surface area contributed by atoms with Gasteiger partial charge in [-0.15, -0.1) is 13.2 Å². The molecule has 1 heterocycles. The van der Waals surface area contributed by atoms with Gasteiger partial charge in [0.15, 0.2) is 5.75 Å². The van der Waals surface area contributed by atoms with Crippen molar-refractivity contribution in [2.75, 3.05) is 5.73 Å². The average molecular weight is 223 g/mol. The van der Waals surface area contributed by atoms with Gasteiger partial charge in [0.1, 0.15) is 0 Å². The van der Waals surface area contributed by atoms with E-state index in [4.69, 9.17) is 11.5 Å². The predicted octanol–water partition coefficient (Wildman–Crippen LogP) is 0.727. The zero-order valence-electron chi connectivity index (χ0n) is 7.38. The molecule has 0 fully saturated rings. The van der Waals surface area contributed by atoms with Gasteiger partial charge < -0.3 is 21.3 Å². The van der Waals surface area contributed by atoms with E-state index >= 15 is 0 Å². The molecule has 0 saturated heterocycles. The first-order valence-electron chi connectivity index (χ1n) is 3.77. The van der Waals surface area contributed by atoms with Crippen LogP contribution in [0.2, 0.25) is 0 Å². The highest BCUT2D eigenvalue weighted by molar-refractivity contribution is 5.55. The summed E-state index contributed by atoms with van der Waals surface area (Å²) in [7, 11) is 0. The SMILES string of the molecule is NCc1c(N)cnc(OC(F)(F)F)c1O. The summed E-state index contributed by atoms with van der Waals surface area (Å²) < 4.78 is 38.9. The van der Waals surface area contributed by atoms with Gasteiger partial charge in [0.2, 0.25) is 0 Å². The van der Waals surface area contributed by atoms with Crippen molar-refractivity contribution in [3.63, 3.8) is 0 Å². The molecule has 84 valence electrons. The highest BCUT2D eigenvalue weighted by Crippen LogP contribution is 2.34. The van der Waals surface area contributed by atoms with Crippen LogP contribution in [0.1, 0.15) is 5.56 Å². The number of rotatable bonds is 2. The lowest BCUT2D eigenvalue weighted by Gasteiger charge is -2.12. The molecule has 0 unspecified atom stereocenters. The lowest BCUT2D eigenvalue weighted by Crippen LogP contribution is -2.18. The number of nitrogen functional groups attached to an aromatic ring is 1. The molecule has 0 bridgehead atoms. The molecule has 0 aliphatic carbocycles. The molecular formula is C7H8F3N3O2. The van der Waals surface area contributed by atoms with Crippen LogP contribution in [0.15, 0.2) is 6.20 Å². The third-order valence-corrected chi connectivity index (χ3v) is 1.57. The van der Waals surface area contributed by atoms with E-state index in [1.54, 1.807) is 0 Å². The molecule has 1 aromatic heterocycles. The summed E-state index contributed by atoms with van der Waals surface area (Å²) in [5, 5.41) is 9.29. The normalized spacial score (nSPS) is 11.5. The molecule has 15 heavy (non-hydrogen) atoms. The van der Waals surface area contributed by atoms with Gasteiger partial charge in [0, 0.05) is 12.1 Å². The number of halogens is 3. The van der Waals surface area contributed by atoms with Crippen LogP contribution < -0.4 is 16.2 Å². The molecular weight excluding hydrogens is 215 g/mol. The number of pyridine rings is 1. The second-order valence-electron chi connectivity index (χ2n) is 2.60. The first-order chi connectivity index (χ1) is 6.85. The molecule has 0 atom stereocenters. The summed E-state index contributed by atoms with van der Waals surface area (Å²) in [4.78, 5) is 3.20. The molecule has 0 radical (unpaired) electrons. The highest BCUT2D eigenvalue weighted by Gasteiger charge is 2.33. The van der Waals surface area contributed by atoms with Crippen LogP contribution >= 0.6 is 0 Å². The number of aromatic hydroxyl groups is 1. The largest absolute Gasteiger partial charge is 0.574 e. The maximum absolute atomic E-state index is 11.8. The van der Waals surface area contributed by atoms with Gasteiger partial charge in [0.25, 0.3) is 5.88 Å². The smallest absolute Gasteiger partial charge is 0.503 e. The summed E-state index contributed by atoms with van der Waals surface area (Å²) in [6, 6.07) is 0. The molecule has 0 aliphatic heterocycles. The quantitative estimate of drug-likeness (QED) is 0.686. The van der Waals surface area contributed by atoms with Crippen LogP contribution in [0, 0.1) is 0 Å². The zero-order valence-corrected chi connectivity index (χ0v) is 7.38. The number of alkyl halides is 3. The fourth-order valence-corrected chi connectivity index (χ4v) is 0.932. The van der Waals surface area contributed by atoms with Crippen LogP contribution in [0.3, 0.4) is 0 Å². The first kappa shape index (κ1) is 11.4. The fraction of sp³-hybridized carbons (Fsp3) is 0.286. The summed E-state index contributed by atoms with van der Waals surface area (Å²) in [5.74, 6) is -1.76. The highest BCUT2D eigenvalue weighted by atomic mass is 19.4. The van der Waals surface area contributed by atoms with Gasteiger partial charge in [-0.05, 0) is 0 Å².